The lowest BCUT2D eigenvalue weighted by atomic mass is 9.85. The number of carbonyl (C=O) groups excluding carboxylic acids is 3. The third-order valence-corrected chi connectivity index (χ3v) is 8.31. The van der Waals surface area contributed by atoms with Crippen LogP contribution in [-0.2, 0) is 4.79 Å². The summed E-state index contributed by atoms with van der Waals surface area (Å²) >= 11 is 1.28. The molecule has 0 radical (unpaired) electrons. The normalized spacial score (nSPS) is 19.1. The van der Waals surface area contributed by atoms with Gasteiger partial charge in [0.2, 0.25) is 5.91 Å². The van der Waals surface area contributed by atoms with Crippen LogP contribution in [0.3, 0.4) is 0 Å². The lowest BCUT2D eigenvalue weighted by molar-refractivity contribution is -0.159. The molecule has 1 aliphatic heterocycles. The molecule has 2 aromatic carbocycles. The number of thiophene rings is 1. The Labute approximate surface area is 235 Å². The number of alkyl halides is 2. The van der Waals surface area contributed by atoms with Crippen molar-refractivity contribution in [3.05, 3.63) is 82.2 Å². The zero-order valence-corrected chi connectivity index (χ0v) is 23.1. The molecule has 1 aromatic heterocycles. The number of halogens is 2. The number of piperidine rings is 1. The molecule has 2 N–H and O–H groups in total. The second-order valence-corrected chi connectivity index (χ2v) is 11.5. The van der Waals surface area contributed by atoms with Gasteiger partial charge in [0, 0.05) is 37.9 Å². The maximum Gasteiger partial charge on any atom is 0.394 e. The van der Waals surface area contributed by atoms with Crippen molar-refractivity contribution in [3.63, 3.8) is 0 Å². The highest BCUT2D eigenvalue weighted by atomic mass is 32.1. The summed E-state index contributed by atoms with van der Waals surface area (Å²) in [6, 6.07) is 17.0. The number of amides is 3. The molecule has 2 heterocycles. The number of aryl methyl sites for hydroxylation is 1. The van der Waals surface area contributed by atoms with Gasteiger partial charge in [0.05, 0.1) is 15.4 Å². The van der Waals surface area contributed by atoms with Gasteiger partial charge in [-0.15, -0.1) is 11.3 Å². The smallest absolute Gasteiger partial charge is 0.394 e. The number of likely N-dealkylation sites (tertiary alicyclic amines) is 1. The van der Waals surface area contributed by atoms with Crippen LogP contribution >= 0.6 is 11.3 Å². The van der Waals surface area contributed by atoms with Gasteiger partial charge in [0.25, 0.3) is 11.8 Å². The number of para-hydroxylation sites is 1. The predicted molar refractivity (Wildman–Crippen MR) is 149 cm³/mol. The maximum absolute atomic E-state index is 13.6. The summed E-state index contributed by atoms with van der Waals surface area (Å²) in [6.45, 7) is 3.25. The first-order valence-corrected chi connectivity index (χ1v) is 14.1. The van der Waals surface area contributed by atoms with E-state index in [-0.39, 0.29) is 41.0 Å². The summed E-state index contributed by atoms with van der Waals surface area (Å²) in [5.41, 5.74) is 1.77. The van der Waals surface area contributed by atoms with Gasteiger partial charge in [-0.25, -0.2) is 0 Å². The van der Waals surface area contributed by atoms with Gasteiger partial charge in [-0.1, -0.05) is 42.5 Å². The minimum Gasteiger partial charge on any atom is -0.432 e. The monoisotopic (exact) mass is 567 g/mol. The van der Waals surface area contributed by atoms with E-state index in [9.17, 15) is 23.2 Å². The van der Waals surface area contributed by atoms with Crippen LogP contribution in [0.2, 0.25) is 0 Å². The zero-order valence-electron chi connectivity index (χ0n) is 22.3. The molecular weight excluding hydrogens is 536 g/mol. The molecule has 5 rings (SSSR count). The Balaban J connectivity index is 1.33. The summed E-state index contributed by atoms with van der Waals surface area (Å²) < 4.78 is 31.9. The third kappa shape index (κ3) is 6.50. The van der Waals surface area contributed by atoms with Gasteiger partial charge in [-0.2, -0.15) is 8.78 Å². The largest absolute Gasteiger partial charge is 0.432 e. The molecule has 3 aromatic rings. The molecule has 3 amide bonds. The highest BCUT2D eigenvalue weighted by Crippen LogP contribution is 2.35. The van der Waals surface area contributed by atoms with E-state index in [2.05, 4.69) is 10.6 Å². The molecule has 2 fully saturated rings. The van der Waals surface area contributed by atoms with Crippen molar-refractivity contribution in [1.29, 1.82) is 0 Å². The van der Waals surface area contributed by atoms with Crippen molar-refractivity contribution in [2.24, 2.45) is 5.92 Å². The molecule has 0 bridgehead atoms. The number of hydrogen-bond acceptors (Lipinski definition) is 5. The van der Waals surface area contributed by atoms with Gasteiger partial charge >= 0.3 is 6.11 Å². The first-order valence-electron chi connectivity index (χ1n) is 13.3. The number of carbonyl (C=O) groups is 3. The average molecular weight is 568 g/mol. The number of nitrogens with zero attached hydrogens (tertiary/aromatic N) is 1. The summed E-state index contributed by atoms with van der Waals surface area (Å²) in [6.07, 6.45) is -1.16. The first-order chi connectivity index (χ1) is 19.1. The van der Waals surface area contributed by atoms with Crippen LogP contribution in [0.25, 0.3) is 0 Å². The number of hydrogen-bond donors (Lipinski definition) is 2. The van der Waals surface area contributed by atoms with Crippen LogP contribution in [0, 0.1) is 12.8 Å². The van der Waals surface area contributed by atoms with Gasteiger partial charge in [-0.3, -0.25) is 14.4 Å². The fourth-order valence-electron chi connectivity index (χ4n) is 5.00. The molecule has 1 saturated carbocycles. The number of ether oxygens (including phenoxy) is 1. The van der Waals surface area contributed by atoms with E-state index in [4.69, 9.17) is 4.74 Å². The Morgan fingerprint density at radius 2 is 1.73 bits per heavy atom. The minimum atomic E-state index is -3.44. The van der Waals surface area contributed by atoms with Crippen molar-refractivity contribution in [2.75, 3.05) is 18.4 Å². The van der Waals surface area contributed by atoms with E-state index in [0.717, 1.165) is 24.0 Å². The second-order valence-electron chi connectivity index (χ2n) is 10.4. The predicted octanol–water partition coefficient (Wildman–Crippen LogP) is 5.82. The number of benzene rings is 2. The van der Waals surface area contributed by atoms with Crippen LogP contribution in [0.1, 0.15) is 63.3 Å². The molecular formula is C30H31F2N3O4S. The summed E-state index contributed by atoms with van der Waals surface area (Å²) in [5, 5.41) is 6.61. The van der Waals surface area contributed by atoms with Crippen molar-refractivity contribution in [1.82, 2.24) is 10.2 Å². The topological polar surface area (TPSA) is 87.7 Å². The Bertz CT molecular complexity index is 1400. The van der Waals surface area contributed by atoms with Crippen LogP contribution in [0.4, 0.5) is 13.8 Å². The Hall–Kier alpha value is -3.79. The minimum absolute atomic E-state index is 0.00410. The zero-order chi connectivity index (χ0) is 28.4. The molecule has 2 aliphatic rings. The molecule has 0 spiro atoms. The molecule has 40 heavy (non-hydrogen) atoms. The van der Waals surface area contributed by atoms with Gasteiger partial charge in [-0.05, 0) is 55.5 Å². The quantitative estimate of drug-likeness (QED) is 0.359. The first kappa shape index (κ1) is 27.8. The van der Waals surface area contributed by atoms with Gasteiger partial charge < -0.3 is 20.3 Å². The molecule has 1 saturated heterocycles. The summed E-state index contributed by atoms with van der Waals surface area (Å²) in [7, 11) is 0. The van der Waals surface area contributed by atoms with E-state index < -0.39 is 12.0 Å². The molecule has 1 aliphatic carbocycles. The Morgan fingerprint density at radius 3 is 2.42 bits per heavy atom. The summed E-state index contributed by atoms with van der Waals surface area (Å²) in [4.78, 5) is 41.4. The van der Waals surface area contributed by atoms with Gasteiger partial charge in [0.15, 0.2) is 0 Å². The van der Waals surface area contributed by atoms with Crippen LogP contribution < -0.4 is 15.4 Å². The van der Waals surface area contributed by atoms with Gasteiger partial charge in [0.1, 0.15) is 5.75 Å². The fraction of sp³-hybridized carbons (Fsp3) is 0.367. The summed E-state index contributed by atoms with van der Waals surface area (Å²) in [5.74, 6) is -0.998. The van der Waals surface area contributed by atoms with E-state index in [1.807, 2.05) is 43.3 Å². The molecule has 7 nitrogen and oxygen atoms in total. The van der Waals surface area contributed by atoms with Crippen LogP contribution in [-0.4, -0.2) is 47.9 Å². The van der Waals surface area contributed by atoms with Crippen molar-refractivity contribution >= 4 is 34.1 Å². The van der Waals surface area contributed by atoms with E-state index >= 15 is 0 Å². The van der Waals surface area contributed by atoms with Crippen LogP contribution in [0.5, 0.6) is 5.75 Å². The molecule has 210 valence electrons. The number of anilines is 1. The maximum atomic E-state index is 13.6. The SMILES string of the molecule is Cc1cc(NC(=O)C2CC2)sc1C(=O)N1CC[C@@H](NC(=O)c2ccccc2OC(C)(F)F)[C@@H](c2ccccc2)C1. The standard InChI is InChI=1S/C30H31F2N3O4S/c1-18-16-25(34-27(36)20-12-13-20)40-26(18)29(38)35-15-14-23(22(17-35)19-8-4-3-5-9-19)33-28(37)21-10-6-7-11-24(21)39-30(2,31)32/h3-11,16,20,22-23H,12-15,17H2,1-2H3,(H,33,37)(H,34,36)/t22-,23-/m1/s1. The molecule has 2 atom stereocenters. The number of nitrogens with one attached hydrogen (secondary N) is 2. The lowest BCUT2D eigenvalue weighted by Gasteiger charge is -2.39. The van der Waals surface area contributed by atoms with Crippen molar-refractivity contribution in [2.45, 2.75) is 51.2 Å². The number of rotatable bonds is 8. The van der Waals surface area contributed by atoms with E-state index in [1.165, 1.54) is 29.5 Å². The lowest BCUT2D eigenvalue weighted by Crippen LogP contribution is -2.51. The van der Waals surface area contributed by atoms with Crippen molar-refractivity contribution in [3.8, 4) is 5.75 Å². The average Bonchev–Trinajstić information content (AvgIpc) is 3.71. The van der Waals surface area contributed by atoms with Crippen molar-refractivity contribution < 1.29 is 27.9 Å². The Morgan fingerprint density at radius 1 is 1.02 bits per heavy atom. The molecule has 10 heteroatoms. The second kappa shape index (κ2) is 11.4. The fourth-order valence-corrected chi connectivity index (χ4v) is 6.04. The van der Waals surface area contributed by atoms with E-state index in [1.54, 1.807) is 11.0 Å². The molecule has 0 unspecified atom stereocenters. The Kier molecular flexibility index (Phi) is 7.89. The highest BCUT2D eigenvalue weighted by molar-refractivity contribution is 7.18. The third-order valence-electron chi connectivity index (χ3n) is 7.17. The van der Waals surface area contributed by atoms with Crippen LogP contribution in [0.15, 0.2) is 60.7 Å². The highest BCUT2D eigenvalue weighted by Gasteiger charge is 2.36. The van der Waals surface area contributed by atoms with E-state index in [0.29, 0.717) is 36.3 Å².